The van der Waals surface area contributed by atoms with E-state index < -0.39 is 6.10 Å². The Morgan fingerprint density at radius 2 is 2.10 bits per heavy atom. The number of carbonyl (C=O) groups excluding carboxylic acids is 1. The first-order valence-corrected chi connectivity index (χ1v) is 6.90. The molecule has 0 bridgehead atoms. The predicted molar refractivity (Wildman–Crippen MR) is 81.1 cm³/mol. The molecule has 0 fully saturated rings. The number of aromatic nitrogens is 1. The molecule has 0 aliphatic carbocycles. The van der Waals surface area contributed by atoms with E-state index in [0.717, 1.165) is 10.9 Å². The van der Waals surface area contributed by atoms with Crippen molar-refractivity contribution in [2.75, 3.05) is 6.54 Å². The zero-order valence-corrected chi connectivity index (χ0v) is 12.6. The molecule has 20 heavy (non-hydrogen) atoms. The first kappa shape index (κ1) is 14.9. The molecular weight excluding hydrogens is 276 g/mol. The Labute approximate surface area is 123 Å². The van der Waals surface area contributed by atoms with Crippen LogP contribution in [0.25, 0.3) is 10.9 Å². The summed E-state index contributed by atoms with van der Waals surface area (Å²) in [6, 6.07) is 7.18. The summed E-state index contributed by atoms with van der Waals surface area (Å²) >= 11 is 5.91. The molecule has 1 heterocycles. The number of aromatic amines is 1. The fourth-order valence-corrected chi connectivity index (χ4v) is 1.98. The minimum atomic E-state index is -0.592. The van der Waals surface area contributed by atoms with Crippen LogP contribution in [0.3, 0.4) is 0 Å². The van der Waals surface area contributed by atoms with Gasteiger partial charge in [-0.2, -0.15) is 0 Å². The van der Waals surface area contributed by atoms with Crippen molar-refractivity contribution in [1.29, 1.82) is 0 Å². The Kier molecular flexibility index (Phi) is 4.06. The summed E-state index contributed by atoms with van der Waals surface area (Å²) in [4.78, 5) is 15.1. The second kappa shape index (κ2) is 5.46. The first-order chi connectivity index (χ1) is 9.27. The molecule has 1 aromatic heterocycles. The smallest absolute Gasteiger partial charge is 0.267 e. The molecule has 0 spiro atoms. The molecule has 1 atom stereocenters. The van der Waals surface area contributed by atoms with E-state index in [1.165, 1.54) is 0 Å². The largest absolute Gasteiger partial charge is 0.391 e. The summed E-state index contributed by atoms with van der Waals surface area (Å²) in [6.45, 7) is 6.00. The molecule has 5 heteroatoms. The molecule has 4 nitrogen and oxygen atoms in total. The maximum Gasteiger partial charge on any atom is 0.267 e. The molecule has 2 aromatic rings. The van der Waals surface area contributed by atoms with E-state index in [4.69, 9.17) is 11.6 Å². The van der Waals surface area contributed by atoms with Crippen LogP contribution in [0.2, 0.25) is 5.02 Å². The molecular formula is C15H19ClN2O2. The van der Waals surface area contributed by atoms with Crippen molar-refractivity contribution in [3.63, 3.8) is 0 Å². The van der Waals surface area contributed by atoms with Gasteiger partial charge in [-0.1, -0.05) is 38.4 Å². The highest BCUT2D eigenvalue weighted by molar-refractivity contribution is 6.31. The maximum absolute atomic E-state index is 12.0. The number of aliphatic hydroxyl groups excluding tert-OH is 1. The third-order valence-electron chi connectivity index (χ3n) is 3.28. The topological polar surface area (TPSA) is 65.1 Å². The quantitative estimate of drug-likeness (QED) is 0.815. The normalized spacial score (nSPS) is 13.4. The van der Waals surface area contributed by atoms with Gasteiger partial charge < -0.3 is 15.4 Å². The summed E-state index contributed by atoms with van der Waals surface area (Å²) in [5, 5.41) is 14.2. The van der Waals surface area contributed by atoms with E-state index in [1.807, 2.05) is 26.8 Å². The molecule has 0 saturated carbocycles. The van der Waals surface area contributed by atoms with Crippen LogP contribution in [0.5, 0.6) is 0 Å². The van der Waals surface area contributed by atoms with Gasteiger partial charge >= 0.3 is 0 Å². The van der Waals surface area contributed by atoms with Crippen LogP contribution in [-0.4, -0.2) is 28.6 Å². The minimum absolute atomic E-state index is 0.221. The molecule has 0 aliphatic rings. The second-order valence-corrected chi connectivity index (χ2v) is 6.44. The van der Waals surface area contributed by atoms with Gasteiger partial charge in [0.05, 0.1) is 6.10 Å². The first-order valence-electron chi connectivity index (χ1n) is 6.52. The lowest BCUT2D eigenvalue weighted by Gasteiger charge is -2.25. The Morgan fingerprint density at radius 1 is 1.40 bits per heavy atom. The molecule has 2 rings (SSSR count). The number of aliphatic hydroxyl groups is 1. The third-order valence-corrected chi connectivity index (χ3v) is 3.52. The van der Waals surface area contributed by atoms with Crippen LogP contribution in [0.15, 0.2) is 24.3 Å². The summed E-state index contributed by atoms with van der Waals surface area (Å²) in [5.41, 5.74) is 1.02. The Balaban J connectivity index is 2.08. The van der Waals surface area contributed by atoms with Crippen LogP contribution >= 0.6 is 11.6 Å². The lowest BCUT2D eigenvalue weighted by molar-refractivity contribution is 0.0585. The van der Waals surface area contributed by atoms with E-state index >= 15 is 0 Å². The fraction of sp³-hybridized carbons (Fsp3) is 0.400. The van der Waals surface area contributed by atoms with Crippen molar-refractivity contribution in [2.24, 2.45) is 5.41 Å². The fourth-order valence-electron chi connectivity index (χ4n) is 1.81. The second-order valence-electron chi connectivity index (χ2n) is 6.01. The van der Waals surface area contributed by atoms with Crippen molar-refractivity contribution in [3.8, 4) is 0 Å². The number of rotatable bonds is 3. The van der Waals surface area contributed by atoms with Crippen LogP contribution in [0.4, 0.5) is 0 Å². The van der Waals surface area contributed by atoms with Gasteiger partial charge in [-0.3, -0.25) is 4.79 Å². The van der Waals surface area contributed by atoms with E-state index in [-0.39, 0.29) is 17.9 Å². The number of fused-ring (bicyclic) bond motifs is 1. The Hall–Kier alpha value is -1.52. The molecule has 1 amide bonds. The van der Waals surface area contributed by atoms with Crippen LogP contribution in [-0.2, 0) is 0 Å². The zero-order valence-electron chi connectivity index (χ0n) is 11.8. The molecule has 0 radical (unpaired) electrons. The summed E-state index contributed by atoms with van der Waals surface area (Å²) < 4.78 is 0. The standard InChI is InChI=1S/C15H19ClN2O2/c1-15(2,3)13(19)8-17-14(20)12-6-9-4-5-10(16)7-11(9)18-12/h4-7,13,18-19H,8H2,1-3H3,(H,17,20). The molecule has 3 N–H and O–H groups in total. The van der Waals surface area contributed by atoms with E-state index in [1.54, 1.807) is 18.2 Å². The highest BCUT2D eigenvalue weighted by Gasteiger charge is 2.22. The number of amides is 1. The average Bonchev–Trinajstić information content (AvgIpc) is 2.77. The van der Waals surface area contributed by atoms with Crippen molar-refractivity contribution >= 4 is 28.4 Å². The van der Waals surface area contributed by atoms with E-state index in [0.29, 0.717) is 10.7 Å². The molecule has 1 unspecified atom stereocenters. The Morgan fingerprint density at radius 3 is 2.75 bits per heavy atom. The van der Waals surface area contributed by atoms with Gasteiger partial charge in [0.15, 0.2) is 0 Å². The van der Waals surface area contributed by atoms with Gasteiger partial charge in [0.25, 0.3) is 5.91 Å². The molecule has 0 saturated heterocycles. The van der Waals surface area contributed by atoms with Crippen molar-refractivity contribution in [2.45, 2.75) is 26.9 Å². The third kappa shape index (κ3) is 3.32. The highest BCUT2D eigenvalue weighted by atomic mass is 35.5. The number of nitrogens with one attached hydrogen (secondary N) is 2. The minimum Gasteiger partial charge on any atom is -0.391 e. The van der Waals surface area contributed by atoms with Crippen molar-refractivity contribution in [3.05, 3.63) is 35.0 Å². The highest BCUT2D eigenvalue weighted by Crippen LogP contribution is 2.20. The molecule has 0 aliphatic heterocycles. The van der Waals surface area contributed by atoms with Gasteiger partial charge in [-0.05, 0) is 23.6 Å². The van der Waals surface area contributed by atoms with Crippen molar-refractivity contribution in [1.82, 2.24) is 10.3 Å². The summed E-state index contributed by atoms with van der Waals surface area (Å²) in [5.74, 6) is -0.236. The summed E-state index contributed by atoms with van der Waals surface area (Å²) in [6.07, 6.45) is -0.592. The number of hydrogen-bond donors (Lipinski definition) is 3. The van der Waals surface area contributed by atoms with Gasteiger partial charge in [-0.25, -0.2) is 0 Å². The zero-order chi connectivity index (χ0) is 14.9. The number of benzene rings is 1. The number of hydrogen-bond acceptors (Lipinski definition) is 2. The van der Waals surface area contributed by atoms with E-state index in [9.17, 15) is 9.90 Å². The molecule has 108 valence electrons. The van der Waals surface area contributed by atoms with Gasteiger partial charge in [0.1, 0.15) is 5.69 Å². The van der Waals surface area contributed by atoms with Gasteiger partial charge in [-0.15, -0.1) is 0 Å². The van der Waals surface area contributed by atoms with Gasteiger partial charge in [0, 0.05) is 22.5 Å². The lowest BCUT2D eigenvalue weighted by Crippen LogP contribution is -2.39. The number of carbonyl (C=O) groups is 1. The SMILES string of the molecule is CC(C)(C)C(O)CNC(=O)c1cc2ccc(Cl)cc2[nH]1. The number of H-pyrrole nitrogens is 1. The number of halogens is 1. The van der Waals surface area contributed by atoms with Gasteiger partial charge in [0.2, 0.25) is 0 Å². The van der Waals surface area contributed by atoms with Crippen LogP contribution < -0.4 is 5.32 Å². The predicted octanol–water partition coefficient (Wildman–Crippen LogP) is 2.96. The van der Waals surface area contributed by atoms with Crippen LogP contribution in [0, 0.1) is 5.41 Å². The average molecular weight is 295 g/mol. The van der Waals surface area contributed by atoms with Crippen molar-refractivity contribution < 1.29 is 9.90 Å². The molecule has 1 aromatic carbocycles. The lowest BCUT2D eigenvalue weighted by atomic mass is 9.89. The van der Waals surface area contributed by atoms with E-state index in [2.05, 4.69) is 10.3 Å². The van der Waals surface area contributed by atoms with Crippen LogP contribution in [0.1, 0.15) is 31.3 Å². The summed E-state index contributed by atoms with van der Waals surface area (Å²) in [7, 11) is 0. The Bertz CT molecular complexity index is 628. The monoisotopic (exact) mass is 294 g/mol. The maximum atomic E-state index is 12.0.